The van der Waals surface area contributed by atoms with Gasteiger partial charge in [-0.05, 0) is 17.7 Å². The molecule has 0 radical (unpaired) electrons. The second-order valence-electron chi connectivity index (χ2n) is 3.58. The zero-order chi connectivity index (χ0) is 10.3. The predicted octanol–water partition coefficient (Wildman–Crippen LogP) is 2.21. The molecule has 3 aromatic rings. The molecule has 0 spiro atoms. The summed E-state index contributed by atoms with van der Waals surface area (Å²) < 4.78 is 0. The third-order valence-corrected chi connectivity index (χ3v) is 2.65. The first-order valence-electron chi connectivity index (χ1n) is 4.83. The second-order valence-corrected chi connectivity index (χ2v) is 3.58. The summed E-state index contributed by atoms with van der Waals surface area (Å²) in [6.45, 7) is 0.0730. The normalized spacial score (nSPS) is 11.3. The van der Waals surface area contributed by atoms with Crippen LogP contribution in [0.3, 0.4) is 0 Å². The molecule has 0 amide bonds. The number of aliphatic hydroxyl groups excluding tert-OH is 1. The zero-order valence-corrected chi connectivity index (χ0v) is 8.07. The summed E-state index contributed by atoms with van der Waals surface area (Å²) in [5, 5.41) is 11.3. The molecule has 15 heavy (non-hydrogen) atoms. The maximum absolute atomic E-state index is 9.05. The molecule has 0 aliphatic rings. The fraction of sp³-hybridized carbons (Fsp3) is 0.0833. The number of fused-ring (bicyclic) bond motifs is 3. The number of aromatic amines is 1. The van der Waals surface area contributed by atoms with Gasteiger partial charge in [0.05, 0.1) is 6.61 Å². The molecular formula is C12H10N2O. The molecule has 0 fully saturated rings. The van der Waals surface area contributed by atoms with E-state index in [0.717, 1.165) is 27.4 Å². The predicted molar refractivity (Wildman–Crippen MR) is 59.5 cm³/mol. The van der Waals surface area contributed by atoms with Crippen LogP contribution in [0.1, 0.15) is 5.56 Å². The highest BCUT2D eigenvalue weighted by molar-refractivity contribution is 6.06. The number of hydrogen-bond donors (Lipinski definition) is 2. The average Bonchev–Trinajstić information content (AvgIpc) is 2.66. The van der Waals surface area contributed by atoms with Gasteiger partial charge >= 0.3 is 0 Å². The van der Waals surface area contributed by atoms with Crippen LogP contribution in [0.15, 0.2) is 36.7 Å². The van der Waals surface area contributed by atoms with Gasteiger partial charge in [-0.2, -0.15) is 0 Å². The largest absolute Gasteiger partial charge is 0.392 e. The second kappa shape index (κ2) is 3.07. The summed E-state index contributed by atoms with van der Waals surface area (Å²) >= 11 is 0. The van der Waals surface area contributed by atoms with Gasteiger partial charge in [-0.15, -0.1) is 0 Å². The topological polar surface area (TPSA) is 48.9 Å². The molecule has 1 aromatic carbocycles. The lowest BCUT2D eigenvalue weighted by molar-refractivity contribution is 0.282. The van der Waals surface area contributed by atoms with Gasteiger partial charge in [0.1, 0.15) is 0 Å². The fourth-order valence-electron chi connectivity index (χ4n) is 1.89. The van der Waals surface area contributed by atoms with E-state index >= 15 is 0 Å². The van der Waals surface area contributed by atoms with Crippen LogP contribution in [-0.2, 0) is 6.61 Å². The Bertz CT molecular complexity index is 628. The van der Waals surface area contributed by atoms with Crippen LogP contribution >= 0.6 is 0 Å². The smallest absolute Gasteiger partial charge is 0.0682 e. The lowest BCUT2D eigenvalue weighted by Crippen LogP contribution is -1.80. The standard InChI is InChI=1S/C12H10N2O/c15-7-8-1-2-9-10-6-13-4-3-11(10)14-12(9)5-8/h1-6,14-15H,7H2. The van der Waals surface area contributed by atoms with Crippen molar-refractivity contribution in [2.75, 3.05) is 0 Å². The summed E-state index contributed by atoms with van der Waals surface area (Å²) in [5.74, 6) is 0. The quantitative estimate of drug-likeness (QED) is 0.629. The average molecular weight is 198 g/mol. The van der Waals surface area contributed by atoms with E-state index in [1.54, 1.807) is 6.20 Å². The number of hydrogen-bond acceptors (Lipinski definition) is 2. The minimum absolute atomic E-state index is 0.0730. The Hall–Kier alpha value is -1.87. The van der Waals surface area contributed by atoms with Crippen molar-refractivity contribution in [2.24, 2.45) is 0 Å². The van der Waals surface area contributed by atoms with E-state index in [2.05, 4.69) is 9.97 Å². The molecule has 74 valence electrons. The maximum atomic E-state index is 9.05. The highest BCUT2D eigenvalue weighted by Gasteiger charge is 2.03. The molecule has 2 N–H and O–H groups in total. The first-order chi connectivity index (χ1) is 7.38. The molecule has 0 aliphatic heterocycles. The Morgan fingerprint density at radius 2 is 2.07 bits per heavy atom. The van der Waals surface area contributed by atoms with E-state index in [4.69, 9.17) is 5.11 Å². The molecule has 0 unspecified atom stereocenters. The van der Waals surface area contributed by atoms with Crippen molar-refractivity contribution in [1.82, 2.24) is 9.97 Å². The maximum Gasteiger partial charge on any atom is 0.0682 e. The van der Waals surface area contributed by atoms with Crippen LogP contribution in [0.25, 0.3) is 21.8 Å². The fourth-order valence-corrected chi connectivity index (χ4v) is 1.89. The summed E-state index contributed by atoms with van der Waals surface area (Å²) in [6.07, 6.45) is 3.62. The molecule has 0 aliphatic carbocycles. The third-order valence-electron chi connectivity index (χ3n) is 2.65. The minimum Gasteiger partial charge on any atom is -0.392 e. The Morgan fingerprint density at radius 3 is 2.93 bits per heavy atom. The van der Waals surface area contributed by atoms with E-state index in [-0.39, 0.29) is 6.61 Å². The highest BCUT2D eigenvalue weighted by atomic mass is 16.3. The Balaban J connectivity index is 2.43. The van der Waals surface area contributed by atoms with Gasteiger partial charge in [0.2, 0.25) is 0 Å². The molecule has 3 heteroatoms. The van der Waals surface area contributed by atoms with Crippen molar-refractivity contribution >= 4 is 21.8 Å². The van der Waals surface area contributed by atoms with Crippen LogP contribution < -0.4 is 0 Å². The third kappa shape index (κ3) is 1.21. The SMILES string of the molecule is OCc1ccc2c(c1)[nH]c1ccncc12. The van der Waals surface area contributed by atoms with E-state index in [9.17, 15) is 0 Å². The van der Waals surface area contributed by atoms with Crippen molar-refractivity contribution in [3.05, 3.63) is 42.2 Å². The zero-order valence-electron chi connectivity index (χ0n) is 8.07. The molecule has 0 saturated heterocycles. The van der Waals surface area contributed by atoms with Gasteiger partial charge in [-0.25, -0.2) is 0 Å². The van der Waals surface area contributed by atoms with Crippen LogP contribution in [0.4, 0.5) is 0 Å². The number of nitrogens with zero attached hydrogens (tertiary/aromatic N) is 1. The number of pyridine rings is 1. The van der Waals surface area contributed by atoms with Gasteiger partial charge in [0, 0.05) is 34.2 Å². The molecule has 0 atom stereocenters. The van der Waals surface area contributed by atoms with E-state index in [1.165, 1.54) is 0 Å². The molecular weight excluding hydrogens is 188 g/mol. The lowest BCUT2D eigenvalue weighted by atomic mass is 10.1. The summed E-state index contributed by atoms with van der Waals surface area (Å²) in [7, 11) is 0. The van der Waals surface area contributed by atoms with E-state index in [1.807, 2.05) is 30.5 Å². The van der Waals surface area contributed by atoms with Crippen molar-refractivity contribution in [2.45, 2.75) is 6.61 Å². The number of nitrogens with one attached hydrogen (secondary N) is 1. The summed E-state index contributed by atoms with van der Waals surface area (Å²) in [5.41, 5.74) is 3.04. The molecule has 0 bridgehead atoms. The van der Waals surface area contributed by atoms with Crippen molar-refractivity contribution < 1.29 is 5.11 Å². The minimum atomic E-state index is 0.0730. The van der Waals surface area contributed by atoms with Crippen LogP contribution in [0.2, 0.25) is 0 Å². The monoisotopic (exact) mass is 198 g/mol. The number of H-pyrrole nitrogens is 1. The molecule has 2 aromatic heterocycles. The van der Waals surface area contributed by atoms with Gasteiger partial charge in [-0.3, -0.25) is 4.98 Å². The van der Waals surface area contributed by atoms with Crippen LogP contribution in [0, 0.1) is 0 Å². The van der Waals surface area contributed by atoms with Crippen molar-refractivity contribution in [3.63, 3.8) is 0 Å². The van der Waals surface area contributed by atoms with Crippen LogP contribution in [0.5, 0.6) is 0 Å². The van der Waals surface area contributed by atoms with Crippen LogP contribution in [-0.4, -0.2) is 15.1 Å². The summed E-state index contributed by atoms with van der Waals surface area (Å²) in [4.78, 5) is 7.41. The van der Waals surface area contributed by atoms with Crippen molar-refractivity contribution in [3.8, 4) is 0 Å². The number of benzene rings is 1. The number of aliphatic hydroxyl groups is 1. The molecule has 3 nitrogen and oxygen atoms in total. The van der Waals surface area contributed by atoms with Gasteiger partial charge in [0.25, 0.3) is 0 Å². The number of rotatable bonds is 1. The Labute approximate surface area is 86.4 Å². The van der Waals surface area contributed by atoms with Crippen molar-refractivity contribution in [1.29, 1.82) is 0 Å². The van der Waals surface area contributed by atoms with Gasteiger partial charge in [-0.1, -0.05) is 12.1 Å². The van der Waals surface area contributed by atoms with Gasteiger partial charge in [0.15, 0.2) is 0 Å². The highest BCUT2D eigenvalue weighted by Crippen LogP contribution is 2.24. The lowest BCUT2D eigenvalue weighted by Gasteiger charge is -1.95. The van der Waals surface area contributed by atoms with Gasteiger partial charge < -0.3 is 10.1 Å². The molecule has 3 rings (SSSR count). The first-order valence-corrected chi connectivity index (χ1v) is 4.83. The Kier molecular flexibility index (Phi) is 1.73. The summed E-state index contributed by atoms with van der Waals surface area (Å²) in [6, 6.07) is 7.87. The molecule has 0 saturated carbocycles. The first kappa shape index (κ1) is 8.44. The van der Waals surface area contributed by atoms with E-state index in [0.29, 0.717) is 0 Å². The Morgan fingerprint density at radius 1 is 1.13 bits per heavy atom. The number of aromatic nitrogens is 2. The van der Waals surface area contributed by atoms with E-state index < -0.39 is 0 Å². The molecule has 2 heterocycles.